The third-order valence-electron chi connectivity index (χ3n) is 1.78. The molecule has 0 amide bonds. The molecule has 2 rings (SSSR count). The monoisotopic (exact) mass is 211 g/mol. The Kier molecular flexibility index (Phi) is 2.13. The lowest BCUT2D eigenvalue weighted by Crippen LogP contribution is -2.00. The molecular weight excluding hydrogens is 206 g/mol. The molecule has 14 heavy (non-hydrogen) atoms. The smallest absolute Gasteiger partial charge is 0.337 e. The van der Waals surface area contributed by atoms with Crippen LogP contribution in [0.2, 0.25) is 5.35 Å². The number of oxazole rings is 1. The number of ether oxygens (including phenoxy) is 1. The van der Waals surface area contributed by atoms with E-state index in [1.807, 2.05) is 0 Å². The van der Waals surface area contributed by atoms with Gasteiger partial charge in [-0.05, 0) is 29.8 Å². The topological polar surface area (TPSA) is 52.3 Å². The van der Waals surface area contributed by atoms with E-state index in [0.29, 0.717) is 16.7 Å². The quantitative estimate of drug-likeness (QED) is 0.679. The summed E-state index contributed by atoms with van der Waals surface area (Å²) in [5.41, 5.74) is 1.51. The van der Waals surface area contributed by atoms with Crippen LogP contribution in [0.5, 0.6) is 0 Å². The van der Waals surface area contributed by atoms with Crippen molar-refractivity contribution in [2.45, 2.75) is 0 Å². The van der Waals surface area contributed by atoms with Gasteiger partial charge in [0, 0.05) is 0 Å². The van der Waals surface area contributed by atoms with Crippen molar-refractivity contribution in [1.82, 2.24) is 4.98 Å². The Labute approximate surface area is 84.4 Å². The van der Waals surface area contributed by atoms with Crippen molar-refractivity contribution in [1.29, 1.82) is 0 Å². The highest BCUT2D eigenvalue weighted by Gasteiger charge is 2.09. The van der Waals surface area contributed by atoms with Crippen LogP contribution in [0.15, 0.2) is 22.6 Å². The van der Waals surface area contributed by atoms with E-state index < -0.39 is 5.97 Å². The molecular formula is C9H6ClNO3. The number of carbonyl (C=O) groups is 1. The average Bonchev–Trinajstić information content (AvgIpc) is 2.55. The van der Waals surface area contributed by atoms with Gasteiger partial charge in [0.15, 0.2) is 5.58 Å². The molecule has 0 saturated heterocycles. The van der Waals surface area contributed by atoms with Crippen LogP contribution in [0.3, 0.4) is 0 Å². The predicted molar refractivity (Wildman–Crippen MR) is 50.4 cm³/mol. The van der Waals surface area contributed by atoms with Gasteiger partial charge in [0.05, 0.1) is 12.7 Å². The number of esters is 1. The molecule has 1 heterocycles. The van der Waals surface area contributed by atoms with Gasteiger partial charge in [-0.25, -0.2) is 4.79 Å². The highest BCUT2D eigenvalue weighted by molar-refractivity contribution is 6.28. The Morgan fingerprint density at radius 1 is 1.57 bits per heavy atom. The Morgan fingerprint density at radius 2 is 2.36 bits per heavy atom. The maximum Gasteiger partial charge on any atom is 0.337 e. The fraction of sp³-hybridized carbons (Fsp3) is 0.111. The number of methoxy groups -OCH3 is 1. The molecule has 4 nitrogen and oxygen atoms in total. The van der Waals surface area contributed by atoms with Gasteiger partial charge in [-0.15, -0.1) is 0 Å². The lowest BCUT2D eigenvalue weighted by atomic mass is 10.2. The molecule has 72 valence electrons. The van der Waals surface area contributed by atoms with Gasteiger partial charge in [0.1, 0.15) is 5.52 Å². The lowest BCUT2D eigenvalue weighted by molar-refractivity contribution is 0.0601. The number of hydrogen-bond donors (Lipinski definition) is 0. The third kappa shape index (κ3) is 1.44. The molecule has 2 aromatic rings. The molecule has 0 radical (unpaired) electrons. The molecule has 0 aliphatic rings. The van der Waals surface area contributed by atoms with Crippen LogP contribution in [0.4, 0.5) is 0 Å². The van der Waals surface area contributed by atoms with Gasteiger partial charge in [0.2, 0.25) is 0 Å². The first kappa shape index (κ1) is 9.02. The summed E-state index contributed by atoms with van der Waals surface area (Å²) in [6.45, 7) is 0. The second-order valence-electron chi connectivity index (χ2n) is 2.64. The molecule has 0 saturated carbocycles. The first-order valence-electron chi connectivity index (χ1n) is 3.85. The number of carbonyl (C=O) groups excluding carboxylic acids is 1. The van der Waals surface area contributed by atoms with E-state index in [9.17, 15) is 4.79 Å². The first-order valence-corrected chi connectivity index (χ1v) is 4.23. The van der Waals surface area contributed by atoms with E-state index >= 15 is 0 Å². The van der Waals surface area contributed by atoms with Gasteiger partial charge >= 0.3 is 5.97 Å². The number of hydrogen-bond acceptors (Lipinski definition) is 4. The fourth-order valence-electron chi connectivity index (χ4n) is 1.14. The van der Waals surface area contributed by atoms with Crippen LogP contribution in [-0.4, -0.2) is 18.1 Å². The summed E-state index contributed by atoms with van der Waals surface area (Å²) in [5, 5.41) is 0.0574. The zero-order valence-corrected chi connectivity index (χ0v) is 8.04. The second kappa shape index (κ2) is 3.31. The van der Waals surface area contributed by atoms with Crippen molar-refractivity contribution in [2.24, 2.45) is 0 Å². The molecule has 0 aliphatic heterocycles. The average molecular weight is 212 g/mol. The molecule has 0 spiro atoms. The largest absolute Gasteiger partial charge is 0.465 e. The van der Waals surface area contributed by atoms with Crippen LogP contribution in [0, 0.1) is 0 Å². The molecule has 0 bridgehead atoms. The number of rotatable bonds is 1. The van der Waals surface area contributed by atoms with E-state index in [1.165, 1.54) is 7.11 Å². The number of fused-ring (bicyclic) bond motifs is 1. The summed E-state index contributed by atoms with van der Waals surface area (Å²) in [5.74, 6) is -0.411. The Hall–Kier alpha value is -1.55. The third-order valence-corrected chi connectivity index (χ3v) is 1.94. The first-order chi connectivity index (χ1) is 6.70. The van der Waals surface area contributed by atoms with Crippen molar-refractivity contribution in [3.05, 3.63) is 29.1 Å². The minimum Gasteiger partial charge on any atom is -0.465 e. The maximum absolute atomic E-state index is 11.2. The van der Waals surface area contributed by atoms with Crippen LogP contribution in [0.25, 0.3) is 11.1 Å². The molecule has 0 N–H and O–H groups in total. The van der Waals surface area contributed by atoms with Crippen LogP contribution < -0.4 is 0 Å². The highest BCUT2D eigenvalue weighted by atomic mass is 35.5. The van der Waals surface area contributed by atoms with Crippen LogP contribution >= 0.6 is 11.6 Å². The Balaban J connectivity index is 2.55. The molecule has 1 aromatic heterocycles. The standard InChI is InChI=1S/C9H6ClNO3/c1-13-8(12)5-2-3-7-6(4-5)11-9(10)14-7/h2-4H,1H3. The van der Waals surface area contributed by atoms with Gasteiger partial charge in [-0.1, -0.05) is 0 Å². The molecule has 0 aliphatic carbocycles. The predicted octanol–water partition coefficient (Wildman–Crippen LogP) is 2.27. The summed E-state index contributed by atoms with van der Waals surface area (Å²) in [4.78, 5) is 15.0. The SMILES string of the molecule is COC(=O)c1ccc2oc(Cl)nc2c1. The van der Waals surface area contributed by atoms with Crippen LogP contribution in [0.1, 0.15) is 10.4 Å². The van der Waals surface area contributed by atoms with Gasteiger partial charge in [0.25, 0.3) is 5.35 Å². The molecule has 0 atom stereocenters. The highest BCUT2D eigenvalue weighted by Crippen LogP contribution is 2.20. The maximum atomic E-state index is 11.2. The van der Waals surface area contributed by atoms with Crippen molar-refractivity contribution < 1.29 is 13.9 Å². The van der Waals surface area contributed by atoms with E-state index in [1.54, 1.807) is 18.2 Å². The normalized spacial score (nSPS) is 10.4. The molecule has 1 aromatic carbocycles. The zero-order valence-electron chi connectivity index (χ0n) is 7.28. The molecule has 5 heteroatoms. The van der Waals surface area contributed by atoms with Gasteiger partial charge in [-0.3, -0.25) is 0 Å². The Morgan fingerprint density at radius 3 is 3.07 bits per heavy atom. The molecule has 0 fully saturated rings. The summed E-state index contributed by atoms with van der Waals surface area (Å²) in [7, 11) is 1.32. The van der Waals surface area contributed by atoms with Crippen molar-refractivity contribution in [2.75, 3.05) is 7.11 Å². The summed E-state index contributed by atoms with van der Waals surface area (Å²) in [6, 6.07) is 4.78. The van der Waals surface area contributed by atoms with E-state index in [-0.39, 0.29) is 5.35 Å². The summed E-state index contributed by atoms with van der Waals surface area (Å²) >= 11 is 5.55. The van der Waals surface area contributed by atoms with E-state index in [0.717, 1.165) is 0 Å². The number of aromatic nitrogens is 1. The number of benzene rings is 1. The second-order valence-corrected chi connectivity index (χ2v) is 2.96. The lowest BCUT2D eigenvalue weighted by Gasteiger charge is -1.96. The fourth-order valence-corrected chi connectivity index (χ4v) is 1.32. The Bertz CT molecular complexity index is 492. The van der Waals surface area contributed by atoms with Gasteiger partial charge in [-0.2, -0.15) is 4.98 Å². The number of nitrogens with zero attached hydrogens (tertiary/aromatic N) is 1. The zero-order chi connectivity index (χ0) is 10.1. The van der Waals surface area contributed by atoms with Gasteiger partial charge < -0.3 is 9.15 Å². The van der Waals surface area contributed by atoms with Crippen molar-refractivity contribution in [3.8, 4) is 0 Å². The van der Waals surface area contributed by atoms with E-state index in [2.05, 4.69) is 9.72 Å². The summed E-state index contributed by atoms with van der Waals surface area (Å²) in [6.07, 6.45) is 0. The minimum atomic E-state index is -0.411. The summed E-state index contributed by atoms with van der Waals surface area (Å²) < 4.78 is 9.60. The molecule has 0 unspecified atom stereocenters. The number of halogens is 1. The van der Waals surface area contributed by atoms with Crippen molar-refractivity contribution >= 4 is 28.7 Å². The van der Waals surface area contributed by atoms with Crippen LogP contribution in [-0.2, 0) is 4.74 Å². The minimum absolute atomic E-state index is 0.0574. The van der Waals surface area contributed by atoms with Crippen molar-refractivity contribution in [3.63, 3.8) is 0 Å². The van der Waals surface area contributed by atoms with E-state index in [4.69, 9.17) is 16.0 Å².